The van der Waals surface area contributed by atoms with Gasteiger partial charge in [0, 0.05) is 16.0 Å². The van der Waals surface area contributed by atoms with E-state index >= 15 is 0 Å². The Bertz CT molecular complexity index is 1540. The second-order valence-electron chi connectivity index (χ2n) is 9.12. The smallest absolute Gasteiger partial charge is 0.344 e. The van der Waals surface area contributed by atoms with Crippen LogP contribution < -0.4 is 10.3 Å². The number of ether oxygens (including phenoxy) is 2. The maximum atomic E-state index is 13.7. The van der Waals surface area contributed by atoms with E-state index in [-0.39, 0.29) is 24.7 Å². The van der Waals surface area contributed by atoms with Crippen molar-refractivity contribution >= 4 is 49.8 Å². The summed E-state index contributed by atoms with van der Waals surface area (Å²) in [5, 5.41) is 7.11. The van der Waals surface area contributed by atoms with Crippen molar-refractivity contribution in [3.63, 3.8) is 0 Å². The third kappa shape index (κ3) is 5.44. The number of fused-ring (bicyclic) bond motifs is 2. The number of nitrogens with zero attached hydrogens (tertiary/aromatic N) is 3. The van der Waals surface area contributed by atoms with Gasteiger partial charge in [0.15, 0.2) is 6.61 Å². The lowest BCUT2D eigenvalue weighted by Gasteiger charge is -2.23. The van der Waals surface area contributed by atoms with E-state index in [1.165, 1.54) is 11.1 Å². The van der Waals surface area contributed by atoms with Crippen molar-refractivity contribution in [3.05, 3.63) is 80.8 Å². The summed E-state index contributed by atoms with van der Waals surface area (Å²) in [6.45, 7) is 1.82. The van der Waals surface area contributed by atoms with E-state index in [1.807, 2.05) is 48.5 Å². The Morgan fingerprint density at radius 3 is 2.73 bits per heavy atom. The highest BCUT2D eigenvalue weighted by atomic mass is 79.9. The highest BCUT2D eigenvalue weighted by molar-refractivity contribution is 9.10. The number of esters is 1. The number of halogens is 1. The molecule has 0 amide bonds. The van der Waals surface area contributed by atoms with Gasteiger partial charge in [-0.25, -0.2) is 9.78 Å². The number of carbonyl (C=O) groups excluding carboxylic acids is 1. The summed E-state index contributed by atoms with van der Waals surface area (Å²) < 4.78 is 13.1. The van der Waals surface area contributed by atoms with E-state index in [1.54, 1.807) is 19.2 Å². The van der Waals surface area contributed by atoms with Crippen molar-refractivity contribution < 1.29 is 14.3 Å². The standard InChI is InChI=1S/C29H28BrN3O4/c1-2-36-27(34)18-37-26-15-12-19-8-6-7-11-22(19)24(26)17-31-33-28(20-9-4-3-5-10-20)32-25-14-13-21(30)16-23(25)29(33)35/h6-8,11-17,20H,2-5,9-10,18H2,1H3. The van der Waals surface area contributed by atoms with Crippen molar-refractivity contribution in [2.45, 2.75) is 44.9 Å². The van der Waals surface area contributed by atoms with Crippen LogP contribution in [0.3, 0.4) is 0 Å². The van der Waals surface area contributed by atoms with Crippen LogP contribution in [0, 0.1) is 0 Å². The highest BCUT2D eigenvalue weighted by Crippen LogP contribution is 2.32. The van der Waals surface area contributed by atoms with Crippen molar-refractivity contribution in [1.82, 2.24) is 9.66 Å². The Kier molecular flexibility index (Phi) is 7.65. The van der Waals surface area contributed by atoms with Gasteiger partial charge in [0.1, 0.15) is 11.6 Å². The molecule has 5 rings (SSSR count). The van der Waals surface area contributed by atoms with Gasteiger partial charge in [-0.05, 0) is 54.8 Å². The number of benzene rings is 3. The molecule has 4 aromatic rings. The first kappa shape index (κ1) is 25.1. The summed E-state index contributed by atoms with van der Waals surface area (Å²) in [6.07, 6.45) is 7.01. The van der Waals surface area contributed by atoms with Gasteiger partial charge < -0.3 is 9.47 Å². The second-order valence-corrected chi connectivity index (χ2v) is 10.0. The number of carbonyl (C=O) groups is 1. The zero-order valence-electron chi connectivity index (χ0n) is 20.7. The third-order valence-electron chi connectivity index (χ3n) is 6.69. The lowest BCUT2D eigenvalue weighted by molar-refractivity contribution is -0.145. The molecular weight excluding hydrogens is 534 g/mol. The van der Waals surface area contributed by atoms with E-state index < -0.39 is 5.97 Å². The van der Waals surface area contributed by atoms with Gasteiger partial charge in [0.2, 0.25) is 0 Å². The number of hydrogen-bond donors (Lipinski definition) is 0. The molecule has 1 aliphatic rings. The Balaban J connectivity index is 1.63. The molecule has 1 saturated carbocycles. The molecule has 3 aromatic carbocycles. The predicted octanol–water partition coefficient (Wildman–Crippen LogP) is 6.18. The first-order valence-corrected chi connectivity index (χ1v) is 13.4. The average Bonchev–Trinajstić information content (AvgIpc) is 2.92. The number of hydrogen-bond acceptors (Lipinski definition) is 6. The molecule has 0 unspecified atom stereocenters. The fourth-order valence-corrected chi connectivity index (χ4v) is 5.25. The van der Waals surface area contributed by atoms with Gasteiger partial charge in [-0.15, -0.1) is 0 Å². The highest BCUT2D eigenvalue weighted by Gasteiger charge is 2.23. The monoisotopic (exact) mass is 561 g/mol. The summed E-state index contributed by atoms with van der Waals surface area (Å²) in [6, 6.07) is 17.1. The lowest BCUT2D eigenvalue weighted by atomic mass is 9.88. The number of rotatable bonds is 7. The molecule has 1 heterocycles. The second kappa shape index (κ2) is 11.3. The van der Waals surface area contributed by atoms with Crippen LogP contribution in [-0.2, 0) is 9.53 Å². The van der Waals surface area contributed by atoms with E-state index in [0.29, 0.717) is 28.0 Å². The molecule has 0 radical (unpaired) electrons. The summed E-state index contributed by atoms with van der Waals surface area (Å²) >= 11 is 3.47. The largest absolute Gasteiger partial charge is 0.481 e. The molecule has 37 heavy (non-hydrogen) atoms. The summed E-state index contributed by atoms with van der Waals surface area (Å²) in [4.78, 5) is 30.6. The molecule has 0 bridgehead atoms. The van der Waals surface area contributed by atoms with Crippen LogP contribution >= 0.6 is 15.9 Å². The first-order chi connectivity index (χ1) is 18.0. The molecule has 0 saturated heterocycles. The zero-order chi connectivity index (χ0) is 25.8. The summed E-state index contributed by atoms with van der Waals surface area (Å²) in [5.74, 6) is 0.890. The van der Waals surface area contributed by atoms with E-state index in [2.05, 4.69) is 15.9 Å². The summed E-state index contributed by atoms with van der Waals surface area (Å²) in [7, 11) is 0. The van der Waals surface area contributed by atoms with E-state index in [0.717, 1.165) is 40.9 Å². The quantitative estimate of drug-likeness (QED) is 0.198. The van der Waals surface area contributed by atoms with Crippen LogP contribution in [0.15, 0.2) is 69.0 Å². The van der Waals surface area contributed by atoms with Crippen LogP contribution in [0.25, 0.3) is 21.7 Å². The topological polar surface area (TPSA) is 82.8 Å². The molecule has 7 nitrogen and oxygen atoms in total. The molecule has 190 valence electrons. The molecule has 8 heteroatoms. The summed E-state index contributed by atoms with van der Waals surface area (Å²) in [5.41, 5.74) is 1.14. The van der Waals surface area contributed by atoms with Crippen LogP contribution in [0.2, 0.25) is 0 Å². The van der Waals surface area contributed by atoms with Crippen molar-refractivity contribution in [3.8, 4) is 5.75 Å². The molecular formula is C29H28BrN3O4. The van der Waals surface area contributed by atoms with Gasteiger partial charge in [-0.1, -0.05) is 65.5 Å². The Labute approximate surface area is 223 Å². The number of aromatic nitrogens is 2. The Morgan fingerprint density at radius 1 is 1.11 bits per heavy atom. The third-order valence-corrected chi connectivity index (χ3v) is 7.18. The zero-order valence-corrected chi connectivity index (χ0v) is 22.2. The lowest BCUT2D eigenvalue weighted by Crippen LogP contribution is -2.25. The van der Waals surface area contributed by atoms with Gasteiger partial charge in [-0.2, -0.15) is 9.78 Å². The van der Waals surface area contributed by atoms with Crippen molar-refractivity contribution in [2.24, 2.45) is 5.10 Å². The molecule has 0 spiro atoms. The van der Waals surface area contributed by atoms with Crippen LogP contribution in [0.5, 0.6) is 5.75 Å². The van der Waals surface area contributed by atoms with Crippen molar-refractivity contribution in [2.75, 3.05) is 13.2 Å². The minimum atomic E-state index is -0.446. The molecule has 0 atom stereocenters. The van der Waals surface area contributed by atoms with E-state index in [4.69, 9.17) is 19.6 Å². The van der Waals surface area contributed by atoms with Crippen LogP contribution in [0.1, 0.15) is 56.3 Å². The SMILES string of the molecule is CCOC(=O)COc1ccc2ccccc2c1C=Nn1c(C2CCCCC2)nc2ccc(Br)cc2c1=O. The minimum absolute atomic E-state index is 0.165. The molecule has 1 aliphatic carbocycles. The van der Waals surface area contributed by atoms with Crippen LogP contribution in [-0.4, -0.2) is 35.1 Å². The van der Waals surface area contributed by atoms with Crippen molar-refractivity contribution in [1.29, 1.82) is 0 Å². The molecule has 1 fully saturated rings. The average molecular weight is 562 g/mol. The molecule has 0 N–H and O–H groups in total. The van der Waals surface area contributed by atoms with Gasteiger partial charge in [0.05, 0.1) is 23.7 Å². The molecule has 1 aromatic heterocycles. The Hall–Kier alpha value is -3.52. The molecule has 0 aliphatic heterocycles. The fraction of sp³-hybridized carbons (Fsp3) is 0.310. The fourth-order valence-electron chi connectivity index (χ4n) is 4.89. The maximum absolute atomic E-state index is 13.7. The van der Waals surface area contributed by atoms with Gasteiger partial charge >= 0.3 is 5.97 Å². The first-order valence-electron chi connectivity index (χ1n) is 12.6. The van der Waals surface area contributed by atoms with Gasteiger partial charge in [0.25, 0.3) is 5.56 Å². The minimum Gasteiger partial charge on any atom is -0.481 e. The van der Waals surface area contributed by atoms with E-state index in [9.17, 15) is 9.59 Å². The van der Waals surface area contributed by atoms with Crippen LogP contribution in [0.4, 0.5) is 0 Å². The Morgan fingerprint density at radius 2 is 1.92 bits per heavy atom. The van der Waals surface area contributed by atoms with Gasteiger partial charge in [-0.3, -0.25) is 4.79 Å². The normalized spacial score (nSPS) is 14.4. The predicted molar refractivity (Wildman–Crippen MR) is 149 cm³/mol. The maximum Gasteiger partial charge on any atom is 0.344 e.